The number of hydrogen-bond acceptors (Lipinski definition) is 5. The summed E-state index contributed by atoms with van der Waals surface area (Å²) in [5.74, 6) is 1.15. The molecule has 6 nitrogen and oxygen atoms in total. The fourth-order valence-corrected chi connectivity index (χ4v) is 2.12. The Bertz CT molecular complexity index is 674. The summed E-state index contributed by atoms with van der Waals surface area (Å²) in [5, 5.41) is 6.09. The van der Waals surface area contributed by atoms with Crippen LogP contribution < -0.4 is 15.4 Å². The first-order valence-corrected chi connectivity index (χ1v) is 7.98. The number of likely N-dealkylation sites (N-methyl/N-ethyl adjacent to an activating group) is 1. The van der Waals surface area contributed by atoms with Crippen molar-refractivity contribution in [3.63, 3.8) is 0 Å². The molecule has 0 atom stereocenters. The van der Waals surface area contributed by atoms with Crippen molar-refractivity contribution in [3.05, 3.63) is 48.2 Å². The average molecular weight is 328 g/mol. The molecule has 6 heteroatoms. The van der Waals surface area contributed by atoms with E-state index in [9.17, 15) is 4.79 Å². The molecule has 1 aromatic carbocycles. The highest BCUT2D eigenvalue weighted by Gasteiger charge is 2.10. The highest BCUT2D eigenvalue weighted by atomic mass is 16.5. The van der Waals surface area contributed by atoms with Crippen molar-refractivity contribution in [1.29, 1.82) is 0 Å². The van der Waals surface area contributed by atoms with Crippen LogP contribution in [0.25, 0.3) is 0 Å². The number of amides is 1. The molecule has 0 aliphatic rings. The van der Waals surface area contributed by atoms with E-state index in [2.05, 4.69) is 20.5 Å². The summed E-state index contributed by atoms with van der Waals surface area (Å²) in [4.78, 5) is 18.8. The second-order valence-electron chi connectivity index (χ2n) is 5.54. The van der Waals surface area contributed by atoms with E-state index in [-0.39, 0.29) is 5.91 Å². The summed E-state index contributed by atoms with van der Waals surface area (Å²) in [5.41, 5.74) is 1.20. The van der Waals surface area contributed by atoms with Gasteiger partial charge in [0.2, 0.25) is 0 Å². The van der Waals surface area contributed by atoms with Gasteiger partial charge in [0.15, 0.2) is 0 Å². The number of pyridine rings is 1. The van der Waals surface area contributed by atoms with Gasteiger partial charge in [-0.05, 0) is 45.3 Å². The molecule has 0 spiro atoms. The second kappa shape index (κ2) is 8.88. The number of aromatic nitrogens is 1. The van der Waals surface area contributed by atoms with E-state index < -0.39 is 0 Å². The van der Waals surface area contributed by atoms with E-state index in [0.29, 0.717) is 29.4 Å². The lowest BCUT2D eigenvalue weighted by atomic mass is 10.2. The van der Waals surface area contributed by atoms with E-state index in [1.165, 1.54) is 0 Å². The third kappa shape index (κ3) is 5.24. The molecule has 1 aromatic heterocycles. The predicted molar refractivity (Wildman–Crippen MR) is 96.8 cm³/mol. The third-order valence-corrected chi connectivity index (χ3v) is 3.32. The lowest BCUT2D eigenvalue weighted by Crippen LogP contribution is -2.21. The van der Waals surface area contributed by atoms with Gasteiger partial charge in [0.05, 0.1) is 12.3 Å². The molecular formula is C18H24N4O2. The Balaban J connectivity index is 2.05. The van der Waals surface area contributed by atoms with Gasteiger partial charge in [0.25, 0.3) is 5.91 Å². The molecular weight excluding hydrogens is 304 g/mol. The fourth-order valence-electron chi connectivity index (χ4n) is 2.12. The third-order valence-electron chi connectivity index (χ3n) is 3.32. The van der Waals surface area contributed by atoms with E-state index in [1.54, 1.807) is 18.3 Å². The number of rotatable bonds is 8. The van der Waals surface area contributed by atoms with Crippen molar-refractivity contribution in [3.8, 4) is 5.75 Å². The summed E-state index contributed by atoms with van der Waals surface area (Å²) < 4.78 is 5.53. The monoisotopic (exact) mass is 328 g/mol. The SMILES string of the molecule is CCOc1ccccc1NC(=O)c1ccnc(NCCN(C)C)c1. The molecule has 128 valence electrons. The standard InChI is InChI=1S/C18H24N4O2/c1-4-24-16-8-6-5-7-15(16)21-18(23)14-9-10-19-17(13-14)20-11-12-22(2)3/h5-10,13H,4,11-12H2,1-3H3,(H,19,20)(H,21,23). The van der Waals surface area contributed by atoms with Crippen molar-refractivity contribution < 1.29 is 9.53 Å². The Hall–Kier alpha value is -2.60. The first-order valence-electron chi connectivity index (χ1n) is 7.98. The largest absolute Gasteiger partial charge is 0.492 e. The molecule has 2 rings (SSSR count). The van der Waals surface area contributed by atoms with Crippen LogP contribution in [-0.4, -0.2) is 49.6 Å². The van der Waals surface area contributed by atoms with Gasteiger partial charge in [-0.3, -0.25) is 4.79 Å². The van der Waals surface area contributed by atoms with Crippen LogP contribution in [0.5, 0.6) is 5.75 Å². The maximum atomic E-state index is 12.5. The Morgan fingerprint density at radius 2 is 2.04 bits per heavy atom. The number of nitrogens with one attached hydrogen (secondary N) is 2. The number of nitrogens with zero attached hydrogens (tertiary/aromatic N) is 2. The van der Waals surface area contributed by atoms with E-state index in [4.69, 9.17) is 4.74 Å². The number of para-hydroxylation sites is 2. The lowest BCUT2D eigenvalue weighted by Gasteiger charge is -2.13. The molecule has 1 amide bonds. The Kier molecular flexibility index (Phi) is 6.57. The van der Waals surface area contributed by atoms with Gasteiger partial charge in [-0.1, -0.05) is 12.1 Å². The van der Waals surface area contributed by atoms with Gasteiger partial charge < -0.3 is 20.3 Å². The smallest absolute Gasteiger partial charge is 0.255 e. The van der Waals surface area contributed by atoms with Gasteiger partial charge in [0, 0.05) is 24.8 Å². The molecule has 24 heavy (non-hydrogen) atoms. The zero-order valence-corrected chi connectivity index (χ0v) is 14.4. The number of benzene rings is 1. The normalized spacial score (nSPS) is 10.5. The number of carbonyl (C=O) groups is 1. The van der Waals surface area contributed by atoms with Crippen molar-refractivity contribution in [2.75, 3.05) is 44.4 Å². The number of ether oxygens (including phenoxy) is 1. The van der Waals surface area contributed by atoms with Crippen LogP contribution in [0.4, 0.5) is 11.5 Å². The molecule has 0 saturated carbocycles. The van der Waals surface area contributed by atoms with Crippen molar-refractivity contribution >= 4 is 17.4 Å². The van der Waals surface area contributed by atoms with Gasteiger partial charge in [-0.2, -0.15) is 0 Å². The van der Waals surface area contributed by atoms with Crippen LogP contribution in [0.2, 0.25) is 0 Å². The lowest BCUT2D eigenvalue weighted by molar-refractivity contribution is 0.102. The van der Waals surface area contributed by atoms with E-state index in [0.717, 1.165) is 13.1 Å². The number of carbonyl (C=O) groups excluding carboxylic acids is 1. The second-order valence-corrected chi connectivity index (χ2v) is 5.54. The van der Waals surface area contributed by atoms with Crippen LogP contribution in [-0.2, 0) is 0 Å². The number of anilines is 2. The highest BCUT2D eigenvalue weighted by Crippen LogP contribution is 2.24. The molecule has 0 aliphatic heterocycles. The minimum atomic E-state index is -0.194. The van der Waals surface area contributed by atoms with Crippen molar-refractivity contribution in [2.24, 2.45) is 0 Å². The molecule has 1 heterocycles. The molecule has 0 unspecified atom stereocenters. The Labute approximate surface area is 142 Å². The van der Waals surface area contributed by atoms with Crippen molar-refractivity contribution in [2.45, 2.75) is 6.92 Å². The van der Waals surface area contributed by atoms with E-state index in [1.807, 2.05) is 45.3 Å². The molecule has 0 saturated heterocycles. The summed E-state index contributed by atoms with van der Waals surface area (Å²) in [7, 11) is 4.02. The molecule has 0 bridgehead atoms. The van der Waals surface area contributed by atoms with E-state index >= 15 is 0 Å². The quantitative estimate of drug-likeness (QED) is 0.780. The van der Waals surface area contributed by atoms with Crippen LogP contribution in [0.3, 0.4) is 0 Å². The Morgan fingerprint density at radius 3 is 2.79 bits per heavy atom. The summed E-state index contributed by atoms with van der Waals surface area (Å²) in [6.07, 6.45) is 1.63. The van der Waals surface area contributed by atoms with Gasteiger partial charge in [-0.15, -0.1) is 0 Å². The molecule has 0 aliphatic carbocycles. The van der Waals surface area contributed by atoms with Gasteiger partial charge in [0.1, 0.15) is 11.6 Å². The van der Waals surface area contributed by atoms with Gasteiger partial charge in [-0.25, -0.2) is 4.98 Å². The maximum absolute atomic E-state index is 12.5. The molecule has 0 fully saturated rings. The Morgan fingerprint density at radius 1 is 1.25 bits per heavy atom. The minimum absolute atomic E-state index is 0.194. The van der Waals surface area contributed by atoms with Crippen molar-refractivity contribution in [1.82, 2.24) is 9.88 Å². The topological polar surface area (TPSA) is 66.5 Å². The summed E-state index contributed by atoms with van der Waals surface area (Å²) in [6.45, 7) is 4.10. The van der Waals surface area contributed by atoms with Crippen LogP contribution in [0, 0.1) is 0 Å². The zero-order chi connectivity index (χ0) is 17.4. The average Bonchev–Trinajstić information content (AvgIpc) is 2.57. The summed E-state index contributed by atoms with van der Waals surface area (Å²) >= 11 is 0. The highest BCUT2D eigenvalue weighted by molar-refractivity contribution is 6.05. The first kappa shape index (κ1) is 17.7. The number of hydrogen-bond donors (Lipinski definition) is 2. The van der Waals surface area contributed by atoms with Crippen LogP contribution >= 0.6 is 0 Å². The maximum Gasteiger partial charge on any atom is 0.255 e. The predicted octanol–water partition coefficient (Wildman–Crippen LogP) is 2.71. The first-order chi connectivity index (χ1) is 11.6. The summed E-state index contributed by atoms with van der Waals surface area (Å²) in [6, 6.07) is 10.8. The zero-order valence-electron chi connectivity index (χ0n) is 14.4. The molecule has 0 radical (unpaired) electrons. The molecule has 2 aromatic rings. The minimum Gasteiger partial charge on any atom is -0.492 e. The van der Waals surface area contributed by atoms with Gasteiger partial charge >= 0.3 is 0 Å². The molecule has 2 N–H and O–H groups in total. The van der Waals surface area contributed by atoms with Crippen LogP contribution in [0.1, 0.15) is 17.3 Å². The van der Waals surface area contributed by atoms with Crippen LogP contribution in [0.15, 0.2) is 42.6 Å². The fraction of sp³-hybridized carbons (Fsp3) is 0.333.